The predicted molar refractivity (Wildman–Crippen MR) is 619 cm³/mol. The Morgan fingerprint density at radius 3 is 0.248 bits per heavy atom. The third kappa shape index (κ3) is 137. The van der Waals surface area contributed by atoms with E-state index in [0.29, 0.717) is 0 Å². The fraction of sp³-hybridized carbons (Fsp3) is 0.966. The van der Waals surface area contributed by atoms with Gasteiger partial charge in [0, 0.05) is 52.4 Å². The van der Waals surface area contributed by atoms with Crippen LogP contribution < -0.4 is 0 Å². The van der Waals surface area contributed by atoms with Crippen molar-refractivity contribution in [2.45, 2.75) is 672 Å². The monoisotopic (exact) mass is 2100 g/mol. The Bertz CT molecular complexity index is 1750. The second-order valence-corrected chi connectivity index (χ2v) is 44.2. The Balaban J connectivity index is -0.000000546. The van der Waals surface area contributed by atoms with Gasteiger partial charge in [-0.05, 0) is 51.4 Å². The number of hydrogen-bond donors (Lipinski definition) is 0. The van der Waals surface area contributed by atoms with E-state index in [1.54, 1.807) is 0 Å². The van der Waals surface area contributed by atoms with Gasteiger partial charge in [-0.3, -0.25) is 0 Å². The Labute approximate surface area is 893 Å². The van der Waals surface area contributed by atoms with E-state index >= 15 is 0 Å². The molecule has 794 valence electrons. The van der Waals surface area contributed by atoms with Gasteiger partial charge in [-0.15, -0.1) is 20.3 Å². The van der Waals surface area contributed by atoms with Gasteiger partial charge >= 0.3 is 21.1 Å². The number of thiocarbonyl (C=S) groups is 4. The molecule has 0 saturated carbocycles. The molecule has 0 N–H and O–H groups in total. The smallest absolute Gasteiger partial charge is 0.426 e. The zero-order chi connectivity index (χ0) is 97.0. The number of hydrogen-bond acceptors (Lipinski definition) is 16. The third-order valence-electron chi connectivity index (χ3n) is 26.9. The van der Waals surface area contributed by atoms with E-state index in [1.165, 1.54) is 616 Å². The van der Waals surface area contributed by atoms with Crippen LogP contribution in [0.3, 0.4) is 0 Å². The van der Waals surface area contributed by atoms with Gasteiger partial charge in [-0.25, -0.2) is 0 Å². The summed E-state index contributed by atoms with van der Waals surface area (Å²) in [6.07, 6.45) is 132. The van der Waals surface area contributed by atoms with Gasteiger partial charge < -0.3 is 119 Å². The minimum Gasteiger partial charge on any atom is -0.426 e. The van der Waals surface area contributed by atoms with Crippen molar-refractivity contribution < 1.29 is 40.4 Å². The molecule has 133 heavy (non-hydrogen) atoms. The summed E-state index contributed by atoms with van der Waals surface area (Å²) in [6, 6.07) is 0. The summed E-state index contributed by atoms with van der Waals surface area (Å²) in [6.45, 7) is 26.0. The molecule has 0 spiro atoms. The minimum absolute atomic E-state index is 0. The molecular formula is C116H232MoN4O4S8. The Hall–Kier alpha value is 0.968. The number of hydroxylamine groups is 8. The molecular weight excluding hydrogens is 1870 g/mol. The first-order valence-corrected chi connectivity index (χ1v) is 62.6. The number of unbranched alkanes of at least 4 members (excludes halogenated alkanes) is 88. The molecule has 8 nitrogen and oxygen atoms in total. The van der Waals surface area contributed by atoms with Crippen molar-refractivity contribution in [2.24, 2.45) is 0 Å². The molecule has 0 heterocycles. The molecule has 0 atom stereocenters. The minimum atomic E-state index is 0. The van der Waals surface area contributed by atoms with Gasteiger partial charge in [-0.2, -0.15) is 0 Å². The molecule has 0 bridgehead atoms. The van der Waals surface area contributed by atoms with E-state index in [1.807, 2.05) is 20.3 Å². The summed E-state index contributed by atoms with van der Waals surface area (Å²) in [7, 11) is 0. The second kappa shape index (κ2) is 131. The Morgan fingerprint density at radius 1 is 0.128 bits per heavy atom. The van der Waals surface area contributed by atoms with Crippen LogP contribution in [0.25, 0.3) is 0 Å². The zero-order valence-electron chi connectivity index (χ0n) is 90.6. The standard InChI is InChI=1S/4C29H59NOS2.Mo/c4*1-3-5-7-9-11-13-15-17-19-21-23-25-27-30(31-29(32)33)28-26-24-22-20-18-16-14-12-10-8-6-4-2;/h4*3-28H2,1-2H3,(H,32,33);/q;;;;+4/p-4. The van der Waals surface area contributed by atoms with E-state index < -0.39 is 0 Å². The maximum Gasteiger partial charge on any atom is 4.00 e. The van der Waals surface area contributed by atoms with Crippen molar-refractivity contribution in [3.8, 4) is 0 Å². The molecule has 0 radical (unpaired) electrons. The molecule has 0 aliphatic carbocycles. The van der Waals surface area contributed by atoms with Crippen molar-refractivity contribution in [2.75, 3.05) is 52.4 Å². The van der Waals surface area contributed by atoms with Gasteiger partial charge in [-0.1, -0.05) is 620 Å². The van der Waals surface area contributed by atoms with Crippen molar-refractivity contribution >= 4 is 117 Å². The summed E-state index contributed by atoms with van der Waals surface area (Å²) in [5.74, 6) is 0. The van der Waals surface area contributed by atoms with Crippen LogP contribution in [0.2, 0.25) is 0 Å². The summed E-state index contributed by atoms with van der Waals surface area (Å²) >= 11 is 40.1. The molecule has 0 fully saturated rings. The molecule has 0 aliphatic rings. The first kappa shape index (κ1) is 142. The van der Waals surface area contributed by atoms with E-state index in [4.69, 9.17) is 119 Å². The maximum absolute atomic E-state index is 5.63. The normalized spacial score (nSPS) is 11.3. The number of nitrogens with zero attached hydrogens (tertiary/aromatic N) is 4. The topological polar surface area (TPSA) is 49.9 Å². The third-order valence-corrected chi connectivity index (χ3v) is 27.5. The average molecular weight is 2100 g/mol. The van der Waals surface area contributed by atoms with Crippen molar-refractivity contribution in [3.05, 3.63) is 0 Å². The predicted octanol–water partition coefficient (Wildman–Crippen LogP) is 41.8. The fourth-order valence-corrected chi connectivity index (χ4v) is 19.1. The van der Waals surface area contributed by atoms with Crippen molar-refractivity contribution in [1.29, 1.82) is 0 Å². The van der Waals surface area contributed by atoms with Crippen LogP contribution in [0.5, 0.6) is 0 Å². The molecule has 0 aliphatic heterocycles. The van der Waals surface area contributed by atoms with Crippen LogP contribution in [-0.2, 0) is 90.9 Å². The quantitative estimate of drug-likeness (QED) is 0.0191. The summed E-state index contributed by atoms with van der Waals surface area (Å²) in [5, 5.41) is 8.12. The molecule has 0 aromatic rings. The average Bonchev–Trinajstić information content (AvgIpc) is 0.993. The van der Waals surface area contributed by atoms with E-state index in [-0.39, 0.29) is 38.6 Å². The zero-order valence-corrected chi connectivity index (χ0v) is 99.2. The van der Waals surface area contributed by atoms with Crippen molar-refractivity contribution in [3.63, 3.8) is 0 Å². The molecule has 0 rings (SSSR count). The molecule has 0 saturated heterocycles. The SMILES string of the molecule is CCCCCCCCCCCCCCN(CCCCCCCCCCCCCC)OC(=S)[S-].CCCCCCCCCCCCCCN(CCCCCCCCCCCCCC)OC(=S)[S-].CCCCCCCCCCCCCCN(CCCCCCCCCCCCCC)OC(=S)[S-].CCCCCCCCCCCCCCN(CCCCCCCCCCCCCC)OC(=S)[S-].[Mo+4]. The van der Waals surface area contributed by atoms with E-state index in [2.05, 4.69) is 55.4 Å². The van der Waals surface area contributed by atoms with Gasteiger partial charge in [0.2, 0.25) is 0 Å². The van der Waals surface area contributed by atoms with Crippen LogP contribution in [0, 0.1) is 0 Å². The van der Waals surface area contributed by atoms with Gasteiger partial charge in [0.15, 0.2) is 0 Å². The first-order chi connectivity index (χ1) is 64.8. The van der Waals surface area contributed by atoms with Gasteiger partial charge in [0.25, 0.3) is 0 Å². The molecule has 0 aromatic heterocycles. The fourth-order valence-electron chi connectivity index (χ4n) is 18.3. The molecule has 17 heteroatoms. The van der Waals surface area contributed by atoms with Crippen LogP contribution in [0.4, 0.5) is 0 Å². The summed E-state index contributed by atoms with van der Waals surface area (Å²) in [5.41, 5.74) is 0. The molecule has 0 unspecified atom stereocenters. The molecule has 0 aromatic carbocycles. The van der Waals surface area contributed by atoms with Gasteiger partial charge in [0.05, 0.1) is 17.5 Å². The van der Waals surface area contributed by atoms with Crippen molar-refractivity contribution in [1.82, 2.24) is 20.3 Å². The largest absolute Gasteiger partial charge is 4.00 e. The summed E-state index contributed by atoms with van der Waals surface area (Å²) in [4.78, 5) is 22.5. The Kier molecular flexibility index (Phi) is 140. The maximum atomic E-state index is 5.63. The van der Waals surface area contributed by atoms with Crippen LogP contribution in [0.15, 0.2) is 0 Å². The van der Waals surface area contributed by atoms with Crippen LogP contribution >= 0.6 is 48.9 Å². The summed E-state index contributed by atoms with van der Waals surface area (Å²) < 4.78 is 0.974. The first-order valence-electron chi connectivity index (χ1n) is 59.4. The molecule has 0 amide bonds. The van der Waals surface area contributed by atoms with E-state index in [0.717, 1.165) is 52.4 Å². The van der Waals surface area contributed by atoms with Gasteiger partial charge in [0.1, 0.15) is 0 Å². The second-order valence-electron chi connectivity index (χ2n) is 40.2. The van der Waals surface area contributed by atoms with Crippen LogP contribution in [0.1, 0.15) is 672 Å². The van der Waals surface area contributed by atoms with Crippen LogP contribution in [-0.4, -0.2) is 90.1 Å². The van der Waals surface area contributed by atoms with E-state index in [9.17, 15) is 0 Å². The number of rotatable bonds is 108. The Morgan fingerprint density at radius 2 is 0.188 bits per heavy atom.